The first kappa shape index (κ1) is 13.8. The van der Waals surface area contributed by atoms with Gasteiger partial charge in [0.1, 0.15) is 5.75 Å². The summed E-state index contributed by atoms with van der Waals surface area (Å²) in [6.45, 7) is 0.388. The van der Waals surface area contributed by atoms with Crippen LogP contribution in [0.4, 0.5) is 5.69 Å². The molecule has 0 bridgehead atoms. The van der Waals surface area contributed by atoms with E-state index < -0.39 is 0 Å². The Morgan fingerprint density at radius 1 is 1.33 bits per heavy atom. The van der Waals surface area contributed by atoms with Gasteiger partial charge in [-0.25, -0.2) is 0 Å². The van der Waals surface area contributed by atoms with Crippen LogP contribution in [0.15, 0.2) is 18.2 Å². The molecule has 1 aromatic carbocycles. The molecule has 0 fully saturated rings. The van der Waals surface area contributed by atoms with E-state index in [2.05, 4.69) is 5.32 Å². The first-order chi connectivity index (χ1) is 8.52. The summed E-state index contributed by atoms with van der Waals surface area (Å²) >= 11 is 0. The van der Waals surface area contributed by atoms with Gasteiger partial charge in [0.15, 0.2) is 0 Å². The summed E-state index contributed by atoms with van der Waals surface area (Å²) < 4.78 is 5.02. The lowest BCUT2D eigenvalue weighted by molar-refractivity contribution is -0.118. The molecule has 0 aliphatic heterocycles. The highest BCUT2D eigenvalue weighted by molar-refractivity contribution is 5.95. The van der Waals surface area contributed by atoms with Gasteiger partial charge < -0.3 is 21.5 Å². The summed E-state index contributed by atoms with van der Waals surface area (Å²) in [5.74, 6) is -0.114. The van der Waals surface area contributed by atoms with E-state index in [0.29, 0.717) is 30.0 Å². The van der Waals surface area contributed by atoms with Crippen molar-refractivity contribution in [2.75, 3.05) is 19.4 Å². The monoisotopic (exact) mass is 251 g/mol. The number of carbonyl (C=O) groups is 2. The molecular weight excluding hydrogens is 234 g/mol. The van der Waals surface area contributed by atoms with Crippen LogP contribution in [0.5, 0.6) is 5.75 Å². The number of benzene rings is 1. The first-order valence-corrected chi connectivity index (χ1v) is 5.54. The van der Waals surface area contributed by atoms with E-state index >= 15 is 0 Å². The number of methoxy groups -OCH3 is 1. The second-order valence-corrected chi connectivity index (χ2v) is 3.82. The molecule has 2 amide bonds. The zero-order valence-electron chi connectivity index (χ0n) is 10.2. The number of amides is 2. The van der Waals surface area contributed by atoms with Gasteiger partial charge in [-0.1, -0.05) is 0 Å². The summed E-state index contributed by atoms with van der Waals surface area (Å²) in [5.41, 5.74) is 11.5. The van der Waals surface area contributed by atoms with Crippen molar-refractivity contribution in [3.8, 4) is 5.75 Å². The zero-order valence-corrected chi connectivity index (χ0v) is 10.2. The quantitative estimate of drug-likeness (QED) is 0.498. The van der Waals surface area contributed by atoms with Crippen LogP contribution in [-0.2, 0) is 4.79 Å². The van der Waals surface area contributed by atoms with Crippen LogP contribution in [0.2, 0.25) is 0 Å². The topological polar surface area (TPSA) is 107 Å². The van der Waals surface area contributed by atoms with Crippen molar-refractivity contribution in [2.45, 2.75) is 12.8 Å². The van der Waals surface area contributed by atoms with E-state index in [4.69, 9.17) is 16.2 Å². The van der Waals surface area contributed by atoms with Gasteiger partial charge in [0.05, 0.1) is 7.11 Å². The largest absolute Gasteiger partial charge is 0.497 e. The molecule has 0 spiro atoms. The predicted molar refractivity (Wildman–Crippen MR) is 68.2 cm³/mol. The third-order valence-corrected chi connectivity index (χ3v) is 2.31. The Kier molecular flexibility index (Phi) is 4.98. The standard InChI is InChI=1S/C12H17N3O3/c1-18-10-6-8(5-9(13)7-10)12(17)15-4-2-3-11(14)16/h5-7H,2-4,13H2,1H3,(H2,14,16)(H,15,17). The minimum absolute atomic E-state index is 0.251. The minimum Gasteiger partial charge on any atom is -0.497 e. The number of hydrogen-bond acceptors (Lipinski definition) is 4. The Hall–Kier alpha value is -2.24. The van der Waals surface area contributed by atoms with Crippen LogP contribution >= 0.6 is 0 Å². The number of nitrogens with one attached hydrogen (secondary N) is 1. The molecule has 6 heteroatoms. The molecule has 98 valence electrons. The molecule has 0 saturated carbocycles. The van der Waals surface area contributed by atoms with Crippen molar-refractivity contribution >= 4 is 17.5 Å². The van der Waals surface area contributed by atoms with Gasteiger partial charge in [0, 0.05) is 30.3 Å². The van der Waals surface area contributed by atoms with Gasteiger partial charge in [0.2, 0.25) is 5.91 Å². The van der Waals surface area contributed by atoms with Crippen molar-refractivity contribution in [1.82, 2.24) is 5.32 Å². The number of hydrogen-bond donors (Lipinski definition) is 3. The number of anilines is 1. The van der Waals surface area contributed by atoms with Crippen LogP contribution in [0.1, 0.15) is 23.2 Å². The van der Waals surface area contributed by atoms with Gasteiger partial charge >= 0.3 is 0 Å². The molecule has 1 rings (SSSR count). The zero-order chi connectivity index (χ0) is 13.5. The molecule has 0 unspecified atom stereocenters. The van der Waals surface area contributed by atoms with Gasteiger partial charge in [-0.2, -0.15) is 0 Å². The molecule has 18 heavy (non-hydrogen) atoms. The Morgan fingerprint density at radius 2 is 2.06 bits per heavy atom. The molecule has 0 saturated heterocycles. The molecule has 0 radical (unpaired) electrons. The van der Waals surface area contributed by atoms with Crippen LogP contribution < -0.4 is 21.5 Å². The maximum absolute atomic E-state index is 11.8. The first-order valence-electron chi connectivity index (χ1n) is 5.54. The Labute approximate surface area is 105 Å². The van der Waals surface area contributed by atoms with E-state index in [1.807, 2.05) is 0 Å². The number of ether oxygens (including phenoxy) is 1. The summed E-state index contributed by atoms with van der Waals surface area (Å²) in [6.07, 6.45) is 0.765. The highest BCUT2D eigenvalue weighted by Gasteiger charge is 2.07. The van der Waals surface area contributed by atoms with Gasteiger partial charge in [-0.15, -0.1) is 0 Å². The van der Waals surface area contributed by atoms with E-state index in [1.54, 1.807) is 18.2 Å². The minimum atomic E-state index is -0.380. The highest BCUT2D eigenvalue weighted by Crippen LogP contribution is 2.18. The Morgan fingerprint density at radius 3 is 2.67 bits per heavy atom. The summed E-state index contributed by atoms with van der Waals surface area (Å²) in [5, 5.41) is 2.68. The summed E-state index contributed by atoms with van der Waals surface area (Å²) in [4.78, 5) is 22.3. The molecular formula is C12H17N3O3. The fourth-order valence-electron chi connectivity index (χ4n) is 1.44. The molecule has 6 nitrogen and oxygen atoms in total. The molecule has 0 atom stereocenters. The number of carbonyl (C=O) groups excluding carboxylic acids is 2. The molecule has 0 aliphatic carbocycles. The maximum Gasteiger partial charge on any atom is 0.251 e. The number of primary amides is 1. The Bertz CT molecular complexity index is 446. The average molecular weight is 251 g/mol. The molecule has 0 aromatic heterocycles. The lowest BCUT2D eigenvalue weighted by atomic mass is 10.1. The lowest BCUT2D eigenvalue weighted by Crippen LogP contribution is -2.25. The third kappa shape index (κ3) is 4.32. The average Bonchev–Trinajstić information content (AvgIpc) is 2.33. The molecule has 0 heterocycles. The number of rotatable bonds is 6. The van der Waals surface area contributed by atoms with E-state index in [9.17, 15) is 9.59 Å². The van der Waals surface area contributed by atoms with Gasteiger partial charge in [-0.3, -0.25) is 9.59 Å². The summed E-state index contributed by atoms with van der Waals surface area (Å²) in [6, 6.07) is 4.79. The van der Waals surface area contributed by atoms with Crippen molar-refractivity contribution in [2.24, 2.45) is 5.73 Å². The van der Waals surface area contributed by atoms with Crippen LogP contribution in [0, 0.1) is 0 Å². The second-order valence-electron chi connectivity index (χ2n) is 3.82. The predicted octanol–water partition coefficient (Wildman–Crippen LogP) is 0.273. The van der Waals surface area contributed by atoms with Crippen molar-refractivity contribution in [3.05, 3.63) is 23.8 Å². The van der Waals surface area contributed by atoms with E-state index in [0.717, 1.165) is 0 Å². The normalized spacial score (nSPS) is 9.83. The van der Waals surface area contributed by atoms with E-state index in [-0.39, 0.29) is 18.2 Å². The van der Waals surface area contributed by atoms with Crippen molar-refractivity contribution < 1.29 is 14.3 Å². The maximum atomic E-state index is 11.8. The van der Waals surface area contributed by atoms with Crippen LogP contribution in [-0.4, -0.2) is 25.5 Å². The SMILES string of the molecule is COc1cc(N)cc(C(=O)NCCCC(N)=O)c1. The number of nitrogens with two attached hydrogens (primary N) is 2. The van der Waals surface area contributed by atoms with E-state index in [1.165, 1.54) is 7.11 Å². The second kappa shape index (κ2) is 6.48. The van der Waals surface area contributed by atoms with Crippen molar-refractivity contribution in [3.63, 3.8) is 0 Å². The highest BCUT2D eigenvalue weighted by atomic mass is 16.5. The number of nitrogen functional groups attached to an aromatic ring is 1. The third-order valence-electron chi connectivity index (χ3n) is 2.31. The fraction of sp³-hybridized carbons (Fsp3) is 0.333. The lowest BCUT2D eigenvalue weighted by Gasteiger charge is -2.07. The smallest absolute Gasteiger partial charge is 0.251 e. The molecule has 1 aromatic rings. The van der Waals surface area contributed by atoms with Crippen LogP contribution in [0.3, 0.4) is 0 Å². The summed E-state index contributed by atoms with van der Waals surface area (Å²) in [7, 11) is 1.50. The molecule has 0 aliphatic rings. The van der Waals surface area contributed by atoms with Crippen molar-refractivity contribution in [1.29, 1.82) is 0 Å². The fourth-order valence-corrected chi connectivity index (χ4v) is 1.44. The van der Waals surface area contributed by atoms with Gasteiger partial charge in [-0.05, 0) is 18.6 Å². The van der Waals surface area contributed by atoms with Crippen LogP contribution in [0.25, 0.3) is 0 Å². The molecule has 5 N–H and O–H groups in total. The van der Waals surface area contributed by atoms with Gasteiger partial charge in [0.25, 0.3) is 5.91 Å². The Balaban J connectivity index is 2.55.